The molecule has 0 aliphatic heterocycles. The second-order valence-corrected chi connectivity index (χ2v) is 7.48. The van der Waals surface area contributed by atoms with Gasteiger partial charge >= 0.3 is 0 Å². The highest BCUT2D eigenvalue weighted by Gasteiger charge is 2.14. The zero-order chi connectivity index (χ0) is 10.8. The van der Waals surface area contributed by atoms with Gasteiger partial charge in [0.1, 0.15) is 0 Å². The van der Waals surface area contributed by atoms with E-state index in [1.54, 1.807) is 11.3 Å². The molecular formula is C11H12INS2. The van der Waals surface area contributed by atoms with E-state index in [4.69, 9.17) is 0 Å². The third-order valence-electron chi connectivity index (χ3n) is 2.26. The van der Waals surface area contributed by atoms with Crippen molar-refractivity contribution < 1.29 is 0 Å². The number of hydrogen-bond acceptors (Lipinski definition) is 3. The molecule has 80 valence electrons. The Morgan fingerprint density at radius 3 is 2.67 bits per heavy atom. The molecule has 0 saturated heterocycles. The highest BCUT2D eigenvalue weighted by atomic mass is 127. The van der Waals surface area contributed by atoms with Crippen molar-refractivity contribution in [1.29, 1.82) is 0 Å². The van der Waals surface area contributed by atoms with Crippen LogP contribution in [0, 0.1) is 9.81 Å². The van der Waals surface area contributed by atoms with Crippen LogP contribution in [0.3, 0.4) is 0 Å². The molecule has 0 radical (unpaired) electrons. The second kappa shape index (κ2) is 4.95. The van der Waals surface area contributed by atoms with Crippen molar-refractivity contribution in [2.24, 2.45) is 0 Å². The molecule has 0 bridgehead atoms. The van der Waals surface area contributed by atoms with E-state index < -0.39 is 0 Å². The van der Waals surface area contributed by atoms with Gasteiger partial charge in [-0.2, -0.15) is 0 Å². The summed E-state index contributed by atoms with van der Waals surface area (Å²) in [4.78, 5) is 2.76. The Kier molecular flexibility index (Phi) is 3.82. The number of halogens is 1. The van der Waals surface area contributed by atoms with Crippen LogP contribution in [0.25, 0.3) is 0 Å². The molecule has 1 unspecified atom stereocenters. The van der Waals surface area contributed by atoms with Gasteiger partial charge in [-0.1, -0.05) is 0 Å². The molecule has 2 aromatic rings. The molecule has 1 atom stereocenters. The van der Waals surface area contributed by atoms with Gasteiger partial charge in [0, 0.05) is 9.75 Å². The van der Waals surface area contributed by atoms with Crippen molar-refractivity contribution in [2.45, 2.75) is 13.0 Å². The van der Waals surface area contributed by atoms with E-state index >= 15 is 0 Å². The second-order valence-electron chi connectivity index (χ2n) is 3.35. The molecular weight excluding hydrogens is 337 g/mol. The quantitative estimate of drug-likeness (QED) is 0.825. The Morgan fingerprint density at radius 2 is 2.20 bits per heavy atom. The summed E-state index contributed by atoms with van der Waals surface area (Å²) in [5, 5.41) is 5.61. The Labute approximate surface area is 112 Å². The smallest absolute Gasteiger partial charge is 0.0677 e. The summed E-state index contributed by atoms with van der Waals surface area (Å²) < 4.78 is 1.34. The van der Waals surface area contributed by atoms with Crippen molar-refractivity contribution in [3.05, 3.63) is 41.8 Å². The maximum absolute atomic E-state index is 3.38. The van der Waals surface area contributed by atoms with Crippen LogP contribution in [-0.2, 0) is 0 Å². The SMILES string of the molecule is CNC(c1csc(I)c1)c1ccc(C)s1. The van der Waals surface area contributed by atoms with Crippen molar-refractivity contribution in [3.63, 3.8) is 0 Å². The molecule has 1 nitrogen and oxygen atoms in total. The predicted molar refractivity (Wildman–Crippen MR) is 77.0 cm³/mol. The van der Waals surface area contributed by atoms with Gasteiger partial charge in [0.05, 0.1) is 8.93 Å². The van der Waals surface area contributed by atoms with Gasteiger partial charge in [-0.15, -0.1) is 22.7 Å². The molecule has 0 aliphatic carbocycles. The average molecular weight is 349 g/mol. The summed E-state index contributed by atoms with van der Waals surface area (Å²) in [6, 6.07) is 7.00. The van der Waals surface area contributed by atoms with E-state index in [1.165, 1.54) is 18.2 Å². The van der Waals surface area contributed by atoms with E-state index in [0.29, 0.717) is 6.04 Å². The summed E-state index contributed by atoms with van der Waals surface area (Å²) >= 11 is 6.03. The number of hydrogen-bond donors (Lipinski definition) is 1. The zero-order valence-corrected chi connectivity index (χ0v) is 12.4. The molecule has 0 aromatic carbocycles. The molecule has 0 amide bonds. The third-order valence-corrected chi connectivity index (χ3v) is 5.13. The van der Waals surface area contributed by atoms with E-state index in [1.807, 2.05) is 18.4 Å². The number of nitrogens with one attached hydrogen (secondary N) is 1. The van der Waals surface area contributed by atoms with Crippen LogP contribution in [0.1, 0.15) is 21.4 Å². The fourth-order valence-corrected chi connectivity index (χ4v) is 3.97. The Morgan fingerprint density at radius 1 is 1.40 bits per heavy atom. The Hall–Kier alpha value is 0.0900. The standard InChI is InChI=1S/C11H12INS2/c1-7-3-4-9(15-7)11(13-2)8-5-10(12)14-6-8/h3-6,11,13H,1-2H3. The molecule has 0 aliphatic rings. The van der Waals surface area contributed by atoms with Crippen LogP contribution >= 0.6 is 45.3 Å². The number of rotatable bonds is 3. The van der Waals surface area contributed by atoms with Crippen LogP contribution in [0.15, 0.2) is 23.6 Å². The van der Waals surface area contributed by atoms with Crippen LogP contribution in [0.5, 0.6) is 0 Å². The summed E-state index contributed by atoms with van der Waals surface area (Å²) in [7, 11) is 2.02. The predicted octanol–water partition coefficient (Wildman–Crippen LogP) is 4.03. The van der Waals surface area contributed by atoms with Crippen molar-refractivity contribution in [3.8, 4) is 0 Å². The Bertz CT molecular complexity index is 407. The van der Waals surface area contributed by atoms with Crippen molar-refractivity contribution >= 4 is 45.3 Å². The monoisotopic (exact) mass is 349 g/mol. The first-order chi connectivity index (χ1) is 7.20. The van der Waals surface area contributed by atoms with Crippen LogP contribution < -0.4 is 5.32 Å². The maximum atomic E-state index is 3.38. The first-order valence-corrected chi connectivity index (χ1v) is 7.45. The van der Waals surface area contributed by atoms with Gasteiger partial charge in [-0.3, -0.25) is 0 Å². The van der Waals surface area contributed by atoms with Gasteiger partial charge in [0.2, 0.25) is 0 Å². The molecule has 0 spiro atoms. The molecule has 4 heteroatoms. The molecule has 2 rings (SSSR count). The van der Waals surface area contributed by atoms with Gasteiger partial charge in [0.15, 0.2) is 0 Å². The number of thiophene rings is 2. The molecule has 15 heavy (non-hydrogen) atoms. The van der Waals surface area contributed by atoms with Gasteiger partial charge in [-0.05, 0) is 65.7 Å². The van der Waals surface area contributed by atoms with Crippen molar-refractivity contribution in [2.75, 3.05) is 7.05 Å². The van der Waals surface area contributed by atoms with E-state index in [9.17, 15) is 0 Å². The molecule has 0 fully saturated rings. The molecule has 2 aromatic heterocycles. The van der Waals surface area contributed by atoms with Gasteiger partial charge < -0.3 is 5.32 Å². The molecule has 0 saturated carbocycles. The lowest BCUT2D eigenvalue weighted by molar-refractivity contribution is 0.706. The third kappa shape index (κ3) is 2.61. The van der Waals surface area contributed by atoms with Crippen LogP contribution in [0.4, 0.5) is 0 Å². The van der Waals surface area contributed by atoms with E-state index in [-0.39, 0.29) is 0 Å². The normalized spacial score (nSPS) is 13.0. The van der Waals surface area contributed by atoms with Gasteiger partial charge in [-0.25, -0.2) is 0 Å². The Balaban J connectivity index is 2.32. The molecule has 2 heterocycles. The maximum Gasteiger partial charge on any atom is 0.0677 e. The van der Waals surface area contributed by atoms with E-state index in [2.05, 4.69) is 58.4 Å². The lowest BCUT2D eigenvalue weighted by Gasteiger charge is -2.12. The zero-order valence-electron chi connectivity index (χ0n) is 8.58. The minimum absolute atomic E-state index is 0.350. The fraction of sp³-hybridized carbons (Fsp3) is 0.273. The topological polar surface area (TPSA) is 12.0 Å². The lowest BCUT2D eigenvalue weighted by atomic mass is 10.1. The minimum atomic E-state index is 0.350. The van der Waals surface area contributed by atoms with Crippen molar-refractivity contribution in [1.82, 2.24) is 5.32 Å². The highest BCUT2D eigenvalue weighted by Crippen LogP contribution is 2.30. The summed E-state index contributed by atoms with van der Waals surface area (Å²) in [5.41, 5.74) is 1.37. The summed E-state index contributed by atoms with van der Waals surface area (Å²) in [6.07, 6.45) is 0. The minimum Gasteiger partial charge on any atom is -0.309 e. The average Bonchev–Trinajstić information content (AvgIpc) is 2.78. The number of aryl methyl sites for hydroxylation is 1. The molecule has 1 N–H and O–H groups in total. The van der Waals surface area contributed by atoms with Gasteiger partial charge in [0.25, 0.3) is 0 Å². The fourth-order valence-electron chi connectivity index (χ4n) is 1.56. The van der Waals surface area contributed by atoms with Crippen LogP contribution in [0.2, 0.25) is 0 Å². The first-order valence-electron chi connectivity index (χ1n) is 4.68. The summed E-state index contributed by atoms with van der Waals surface area (Å²) in [5.74, 6) is 0. The van der Waals surface area contributed by atoms with E-state index in [0.717, 1.165) is 0 Å². The van der Waals surface area contributed by atoms with Crippen LogP contribution in [-0.4, -0.2) is 7.05 Å². The largest absolute Gasteiger partial charge is 0.309 e. The first kappa shape index (κ1) is 11.6. The lowest BCUT2D eigenvalue weighted by Crippen LogP contribution is -2.15. The summed E-state index contributed by atoms with van der Waals surface area (Å²) in [6.45, 7) is 2.15. The highest BCUT2D eigenvalue weighted by molar-refractivity contribution is 14.1.